The minimum atomic E-state index is 0.740. The number of hydrogen-bond donors (Lipinski definition) is 0. The molecular weight excluding hydrogens is 236 g/mol. The van der Waals surface area contributed by atoms with Crippen LogP contribution in [-0.2, 0) is 0 Å². The molecular formula is C13H17Br. The minimum Gasteiger partial charge on any atom is -0.0921 e. The Bertz CT molecular complexity index is 285. The molecule has 14 heavy (non-hydrogen) atoms. The second-order valence-corrected chi connectivity index (χ2v) is 5.01. The van der Waals surface area contributed by atoms with Crippen LogP contribution < -0.4 is 0 Å². The number of hydrogen-bond acceptors (Lipinski definition) is 0. The monoisotopic (exact) mass is 252 g/mol. The van der Waals surface area contributed by atoms with Crippen molar-refractivity contribution < 1.29 is 0 Å². The van der Waals surface area contributed by atoms with E-state index in [1.807, 2.05) is 0 Å². The Balaban J connectivity index is 2.14. The van der Waals surface area contributed by atoms with E-state index >= 15 is 0 Å². The lowest BCUT2D eigenvalue weighted by Crippen LogP contribution is -2.21. The van der Waals surface area contributed by atoms with E-state index in [-0.39, 0.29) is 0 Å². The highest BCUT2D eigenvalue weighted by Crippen LogP contribution is 2.40. The fourth-order valence-electron chi connectivity index (χ4n) is 2.14. The van der Waals surface area contributed by atoms with E-state index in [1.165, 1.54) is 30.4 Å². The number of benzene rings is 1. The number of rotatable bonds is 3. The zero-order valence-corrected chi connectivity index (χ0v) is 10.3. The average molecular weight is 253 g/mol. The molecule has 0 heterocycles. The van der Waals surface area contributed by atoms with Crippen LogP contribution >= 0.6 is 15.9 Å². The van der Waals surface area contributed by atoms with Crippen molar-refractivity contribution in [3.05, 3.63) is 35.4 Å². The molecule has 0 bridgehead atoms. The Labute approximate surface area is 94.8 Å². The Hall–Kier alpha value is -0.300. The summed E-state index contributed by atoms with van der Waals surface area (Å²) in [6.45, 7) is 2.15. The summed E-state index contributed by atoms with van der Waals surface area (Å²) in [6.07, 6.45) is 4.27. The van der Waals surface area contributed by atoms with Crippen molar-refractivity contribution in [3.63, 3.8) is 0 Å². The van der Waals surface area contributed by atoms with Gasteiger partial charge in [0, 0.05) is 5.33 Å². The Morgan fingerprint density at radius 3 is 2.36 bits per heavy atom. The summed E-state index contributed by atoms with van der Waals surface area (Å²) in [7, 11) is 0. The molecule has 1 aliphatic carbocycles. The fraction of sp³-hybridized carbons (Fsp3) is 0.538. The summed E-state index contributed by atoms with van der Waals surface area (Å²) >= 11 is 3.65. The molecule has 1 aromatic carbocycles. The molecule has 0 N–H and O–H groups in total. The molecule has 1 aromatic rings. The topological polar surface area (TPSA) is 0 Å². The molecule has 1 atom stereocenters. The zero-order valence-electron chi connectivity index (χ0n) is 8.67. The predicted molar refractivity (Wildman–Crippen MR) is 65.1 cm³/mol. The maximum atomic E-state index is 3.65. The van der Waals surface area contributed by atoms with Crippen LogP contribution in [-0.4, -0.2) is 5.33 Å². The third-order valence-corrected chi connectivity index (χ3v) is 4.09. The van der Waals surface area contributed by atoms with Crippen LogP contribution in [0.5, 0.6) is 0 Å². The highest BCUT2D eigenvalue weighted by molar-refractivity contribution is 9.09. The van der Waals surface area contributed by atoms with Crippen molar-refractivity contribution in [2.75, 3.05) is 5.33 Å². The highest BCUT2D eigenvalue weighted by Gasteiger charge is 2.27. The number of aryl methyl sites for hydroxylation is 1. The molecule has 0 aromatic heterocycles. The second-order valence-electron chi connectivity index (χ2n) is 4.36. The zero-order chi connectivity index (χ0) is 9.97. The van der Waals surface area contributed by atoms with Crippen molar-refractivity contribution in [2.24, 2.45) is 5.92 Å². The maximum Gasteiger partial charge on any atom is 0.0103 e. The van der Waals surface area contributed by atoms with Crippen LogP contribution in [0.4, 0.5) is 0 Å². The molecule has 1 unspecified atom stereocenters. The summed E-state index contributed by atoms with van der Waals surface area (Å²) in [6, 6.07) is 9.03. The molecule has 76 valence electrons. The third kappa shape index (κ3) is 2.03. The van der Waals surface area contributed by atoms with Crippen LogP contribution in [0.1, 0.15) is 36.3 Å². The quantitative estimate of drug-likeness (QED) is 0.705. The van der Waals surface area contributed by atoms with Gasteiger partial charge in [-0.2, -0.15) is 0 Å². The van der Waals surface area contributed by atoms with E-state index in [9.17, 15) is 0 Å². The van der Waals surface area contributed by atoms with Crippen molar-refractivity contribution in [3.8, 4) is 0 Å². The van der Waals surface area contributed by atoms with E-state index in [4.69, 9.17) is 0 Å². The number of alkyl halides is 1. The molecule has 1 saturated carbocycles. The van der Waals surface area contributed by atoms with Crippen LogP contribution in [0.2, 0.25) is 0 Å². The van der Waals surface area contributed by atoms with E-state index in [0.717, 1.165) is 17.2 Å². The van der Waals surface area contributed by atoms with Crippen molar-refractivity contribution in [2.45, 2.75) is 32.1 Å². The normalized spacial score (nSPS) is 19.0. The summed E-state index contributed by atoms with van der Waals surface area (Å²) in [5, 5.41) is 1.11. The molecule has 1 heteroatoms. The van der Waals surface area contributed by atoms with Crippen molar-refractivity contribution in [1.29, 1.82) is 0 Å². The lowest BCUT2D eigenvalue weighted by atomic mass is 9.74. The van der Waals surface area contributed by atoms with Crippen LogP contribution in [0.15, 0.2) is 24.3 Å². The van der Waals surface area contributed by atoms with E-state index in [2.05, 4.69) is 47.1 Å². The van der Waals surface area contributed by atoms with Crippen molar-refractivity contribution >= 4 is 15.9 Å². The fourth-order valence-corrected chi connectivity index (χ4v) is 3.05. The molecule has 0 radical (unpaired) electrons. The first-order valence-electron chi connectivity index (χ1n) is 5.44. The van der Waals surface area contributed by atoms with Crippen molar-refractivity contribution in [1.82, 2.24) is 0 Å². The Morgan fingerprint density at radius 1 is 1.29 bits per heavy atom. The van der Waals surface area contributed by atoms with Gasteiger partial charge in [0.1, 0.15) is 0 Å². The van der Waals surface area contributed by atoms with Gasteiger partial charge in [0.15, 0.2) is 0 Å². The predicted octanol–water partition coefficient (Wildman–Crippen LogP) is 4.27. The van der Waals surface area contributed by atoms with Gasteiger partial charge in [-0.15, -0.1) is 0 Å². The summed E-state index contributed by atoms with van der Waals surface area (Å²) in [5.74, 6) is 1.67. The Kier molecular flexibility index (Phi) is 3.27. The Morgan fingerprint density at radius 2 is 1.93 bits per heavy atom. The molecule has 0 spiro atoms. The van der Waals surface area contributed by atoms with Gasteiger partial charge in [0.2, 0.25) is 0 Å². The van der Waals surface area contributed by atoms with Gasteiger partial charge in [-0.25, -0.2) is 0 Å². The summed E-state index contributed by atoms with van der Waals surface area (Å²) in [5.41, 5.74) is 2.87. The largest absolute Gasteiger partial charge is 0.0921 e. The van der Waals surface area contributed by atoms with Gasteiger partial charge in [-0.3, -0.25) is 0 Å². The lowest BCUT2D eigenvalue weighted by Gasteiger charge is -2.33. The first-order valence-corrected chi connectivity index (χ1v) is 6.56. The van der Waals surface area contributed by atoms with Gasteiger partial charge in [-0.1, -0.05) is 52.2 Å². The van der Waals surface area contributed by atoms with Gasteiger partial charge in [-0.05, 0) is 37.2 Å². The summed E-state index contributed by atoms with van der Waals surface area (Å²) < 4.78 is 0. The molecule has 1 fully saturated rings. The van der Waals surface area contributed by atoms with Gasteiger partial charge < -0.3 is 0 Å². The molecule has 0 amide bonds. The minimum absolute atomic E-state index is 0.740. The first kappa shape index (κ1) is 10.2. The first-order chi connectivity index (χ1) is 6.81. The second kappa shape index (κ2) is 4.48. The molecule has 0 saturated heterocycles. The smallest absolute Gasteiger partial charge is 0.0103 e. The van der Waals surface area contributed by atoms with Gasteiger partial charge >= 0.3 is 0 Å². The van der Waals surface area contributed by atoms with E-state index in [0.29, 0.717) is 0 Å². The van der Waals surface area contributed by atoms with Gasteiger partial charge in [0.25, 0.3) is 0 Å². The van der Waals surface area contributed by atoms with Gasteiger partial charge in [0.05, 0.1) is 0 Å². The summed E-state index contributed by atoms with van der Waals surface area (Å²) in [4.78, 5) is 0. The van der Waals surface area contributed by atoms with E-state index in [1.54, 1.807) is 0 Å². The maximum absolute atomic E-state index is 3.65. The van der Waals surface area contributed by atoms with Crippen LogP contribution in [0.25, 0.3) is 0 Å². The average Bonchev–Trinajstić information content (AvgIpc) is 2.13. The highest BCUT2D eigenvalue weighted by atomic mass is 79.9. The number of halogens is 1. The standard InChI is InChI=1S/C13H17Br/c1-10-5-7-12(8-6-10)13(9-14)11-3-2-4-11/h5-8,11,13H,2-4,9H2,1H3. The third-order valence-electron chi connectivity index (χ3n) is 3.39. The lowest BCUT2D eigenvalue weighted by molar-refractivity contribution is 0.275. The van der Waals surface area contributed by atoms with Crippen LogP contribution in [0, 0.1) is 12.8 Å². The molecule has 0 nitrogen and oxygen atoms in total. The molecule has 1 aliphatic rings. The molecule has 0 aliphatic heterocycles. The van der Waals surface area contributed by atoms with Crippen LogP contribution in [0.3, 0.4) is 0 Å². The van der Waals surface area contributed by atoms with E-state index < -0.39 is 0 Å². The molecule has 2 rings (SSSR count). The SMILES string of the molecule is Cc1ccc(C(CBr)C2CCC2)cc1.